The van der Waals surface area contributed by atoms with E-state index in [0.717, 1.165) is 50.3 Å². The molecule has 7 heteroatoms. The SMILES string of the molecule is O=C(COc1cc(F)ccc1[N+](=O)[O-])N1CCCC2CCCCC21. The van der Waals surface area contributed by atoms with E-state index in [0.29, 0.717) is 12.5 Å². The smallest absolute Gasteiger partial charge is 0.311 e. The monoisotopic (exact) mass is 336 g/mol. The zero-order valence-electron chi connectivity index (χ0n) is 13.4. The number of benzene rings is 1. The van der Waals surface area contributed by atoms with Crippen molar-refractivity contribution in [1.82, 2.24) is 4.90 Å². The van der Waals surface area contributed by atoms with E-state index < -0.39 is 10.7 Å². The third-order valence-corrected chi connectivity index (χ3v) is 5.03. The van der Waals surface area contributed by atoms with E-state index in [1.54, 1.807) is 0 Å². The summed E-state index contributed by atoms with van der Waals surface area (Å²) < 4.78 is 18.6. The van der Waals surface area contributed by atoms with Crippen molar-refractivity contribution in [3.8, 4) is 5.75 Å². The van der Waals surface area contributed by atoms with Gasteiger partial charge >= 0.3 is 5.69 Å². The highest BCUT2D eigenvalue weighted by Crippen LogP contribution is 2.35. The highest BCUT2D eigenvalue weighted by molar-refractivity contribution is 5.78. The van der Waals surface area contributed by atoms with E-state index >= 15 is 0 Å². The third kappa shape index (κ3) is 3.49. The molecule has 2 unspecified atom stereocenters. The molecule has 1 aliphatic carbocycles. The van der Waals surface area contributed by atoms with Crippen LogP contribution in [0.5, 0.6) is 5.75 Å². The van der Waals surface area contributed by atoms with Crippen molar-refractivity contribution in [1.29, 1.82) is 0 Å². The first kappa shape index (κ1) is 16.7. The van der Waals surface area contributed by atoms with Crippen LogP contribution >= 0.6 is 0 Å². The fourth-order valence-corrected chi connectivity index (χ4v) is 3.91. The third-order valence-electron chi connectivity index (χ3n) is 5.03. The molecule has 1 aromatic carbocycles. The molecule has 1 saturated heterocycles. The minimum absolute atomic E-state index is 0.176. The molecule has 2 aliphatic rings. The Kier molecular flexibility index (Phi) is 4.97. The lowest BCUT2D eigenvalue weighted by Gasteiger charge is -2.44. The molecule has 0 radical (unpaired) electrons. The molecule has 3 rings (SSSR count). The van der Waals surface area contributed by atoms with Crippen molar-refractivity contribution < 1.29 is 18.8 Å². The van der Waals surface area contributed by atoms with Gasteiger partial charge in [-0.3, -0.25) is 14.9 Å². The van der Waals surface area contributed by atoms with Crippen molar-refractivity contribution in [3.05, 3.63) is 34.1 Å². The lowest BCUT2D eigenvalue weighted by atomic mass is 9.78. The maximum absolute atomic E-state index is 13.3. The molecule has 0 bridgehead atoms. The van der Waals surface area contributed by atoms with Crippen molar-refractivity contribution in [2.75, 3.05) is 13.2 Å². The van der Waals surface area contributed by atoms with E-state index in [-0.39, 0.29) is 30.0 Å². The number of halogens is 1. The standard InChI is InChI=1S/C17H21FN2O4/c18-13-7-8-15(20(22)23)16(10-13)24-11-17(21)19-9-3-5-12-4-1-2-6-14(12)19/h7-8,10,12,14H,1-6,9,11H2. The number of nitro benzene ring substituents is 1. The predicted octanol–water partition coefficient (Wildman–Crippen LogP) is 3.29. The second-order valence-corrected chi connectivity index (χ2v) is 6.50. The number of amides is 1. The number of nitro groups is 1. The Morgan fingerprint density at radius 1 is 1.29 bits per heavy atom. The van der Waals surface area contributed by atoms with Crippen LogP contribution in [0.3, 0.4) is 0 Å². The van der Waals surface area contributed by atoms with Crippen molar-refractivity contribution >= 4 is 11.6 Å². The molecule has 1 amide bonds. The summed E-state index contributed by atoms with van der Waals surface area (Å²) in [4.78, 5) is 24.7. The molecular formula is C17H21FN2O4. The lowest BCUT2D eigenvalue weighted by Crippen LogP contribution is -2.51. The number of fused-ring (bicyclic) bond motifs is 1. The number of hydrogen-bond acceptors (Lipinski definition) is 4. The second-order valence-electron chi connectivity index (χ2n) is 6.50. The van der Waals surface area contributed by atoms with Crippen molar-refractivity contribution in [2.45, 2.75) is 44.6 Å². The Morgan fingerprint density at radius 2 is 2.04 bits per heavy atom. The summed E-state index contributed by atoms with van der Waals surface area (Å²) in [5, 5.41) is 11.0. The average Bonchev–Trinajstić information content (AvgIpc) is 2.59. The van der Waals surface area contributed by atoms with Crippen molar-refractivity contribution in [2.24, 2.45) is 5.92 Å². The molecule has 0 spiro atoms. The normalized spacial score (nSPS) is 23.5. The van der Waals surface area contributed by atoms with E-state index in [9.17, 15) is 19.3 Å². The summed E-state index contributed by atoms with van der Waals surface area (Å²) in [5.74, 6) is -0.455. The predicted molar refractivity (Wildman–Crippen MR) is 85.2 cm³/mol. The zero-order chi connectivity index (χ0) is 17.1. The number of hydrogen-bond donors (Lipinski definition) is 0. The number of carbonyl (C=O) groups is 1. The molecule has 24 heavy (non-hydrogen) atoms. The van der Waals surface area contributed by atoms with Gasteiger partial charge in [0.25, 0.3) is 5.91 Å². The maximum atomic E-state index is 13.3. The maximum Gasteiger partial charge on any atom is 0.311 e. The first-order valence-electron chi connectivity index (χ1n) is 8.42. The molecular weight excluding hydrogens is 315 g/mol. The fourth-order valence-electron chi connectivity index (χ4n) is 3.91. The van der Waals surface area contributed by atoms with Crippen LogP contribution < -0.4 is 4.74 Å². The number of ether oxygens (including phenoxy) is 1. The van der Waals surface area contributed by atoms with Crippen molar-refractivity contribution in [3.63, 3.8) is 0 Å². The van der Waals surface area contributed by atoms with Gasteiger partial charge in [-0.15, -0.1) is 0 Å². The Morgan fingerprint density at radius 3 is 2.83 bits per heavy atom. The van der Waals surface area contributed by atoms with Crippen LogP contribution in [0, 0.1) is 21.8 Å². The number of piperidine rings is 1. The van der Waals surface area contributed by atoms with Crippen LogP contribution in [-0.2, 0) is 4.79 Å². The van der Waals surface area contributed by atoms with E-state index in [4.69, 9.17) is 4.74 Å². The Labute approximate surface area is 139 Å². The number of carbonyl (C=O) groups excluding carboxylic acids is 1. The highest BCUT2D eigenvalue weighted by atomic mass is 19.1. The van der Waals surface area contributed by atoms with Gasteiger partial charge in [0.2, 0.25) is 5.75 Å². The van der Waals surface area contributed by atoms with Crippen LogP contribution in [0.2, 0.25) is 0 Å². The van der Waals surface area contributed by atoms with Gasteiger partial charge in [-0.1, -0.05) is 12.8 Å². The van der Waals surface area contributed by atoms with Crippen LogP contribution in [0.25, 0.3) is 0 Å². The molecule has 0 aromatic heterocycles. The van der Waals surface area contributed by atoms with Crippen LogP contribution in [0.15, 0.2) is 18.2 Å². The largest absolute Gasteiger partial charge is 0.477 e. The van der Waals surface area contributed by atoms with Gasteiger partial charge in [-0.25, -0.2) is 4.39 Å². The summed E-state index contributed by atoms with van der Waals surface area (Å²) in [6.07, 6.45) is 6.65. The zero-order valence-corrected chi connectivity index (χ0v) is 13.4. The molecule has 1 saturated carbocycles. The minimum atomic E-state index is -0.642. The number of likely N-dealkylation sites (tertiary alicyclic amines) is 1. The van der Waals surface area contributed by atoms with Gasteiger partial charge in [-0.2, -0.15) is 0 Å². The van der Waals surface area contributed by atoms with E-state index in [2.05, 4.69) is 0 Å². The van der Waals surface area contributed by atoms with E-state index in [1.807, 2.05) is 4.90 Å². The van der Waals surface area contributed by atoms with Gasteiger partial charge < -0.3 is 9.64 Å². The lowest BCUT2D eigenvalue weighted by molar-refractivity contribution is -0.385. The van der Waals surface area contributed by atoms with Crippen LogP contribution in [0.4, 0.5) is 10.1 Å². The first-order valence-corrected chi connectivity index (χ1v) is 8.42. The first-order chi connectivity index (χ1) is 11.6. The topological polar surface area (TPSA) is 72.7 Å². The summed E-state index contributed by atoms with van der Waals surface area (Å²) in [7, 11) is 0. The average molecular weight is 336 g/mol. The van der Waals surface area contributed by atoms with Gasteiger partial charge in [0, 0.05) is 24.7 Å². The molecule has 130 valence electrons. The van der Waals surface area contributed by atoms with Gasteiger partial charge in [0.05, 0.1) is 4.92 Å². The molecule has 1 aliphatic heterocycles. The fraction of sp³-hybridized carbons (Fsp3) is 0.588. The molecule has 1 aromatic rings. The Balaban J connectivity index is 1.67. The summed E-state index contributed by atoms with van der Waals surface area (Å²) in [5.41, 5.74) is -0.335. The second kappa shape index (κ2) is 7.15. The summed E-state index contributed by atoms with van der Waals surface area (Å²) in [6, 6.07) is 3.26. The molecule has 6 nitrogen and oxygen atoms in total. The molecule has 2 fully saturated rings. The van der Waals surface area contributed by atoms with Crippen LogP contribution in [0.1, 0.15) is 38.5 Å². The number of nitrogens with zero attached hydrogens (tertiary/aromatic N) is 2. The number of rotatable bonds is 4. The van der Waals surface area contributed by atoms with Gasteiger partial charge in [-0.05, 0) is 37.7 Å². The Bertz CT molecular complexity index is 635. The summed E-state index contributed by atoms with van der Waals surface area (Å²) >= 11 is 0. The van der Waals surface area contributed by atoms with E-state index in [1.165, 1.54) is 6.42 Å². The Hall–Kier alpha value is -2.18. The molecule has 2 atom stereocenters. The van der Waals surface area contributed by atoms with Gasteiger partial charge in [0.1, 0.15) is 5.82 Å². The molecule has 1 heterocycles. The molecule has 0 N–H and O–H groups in total. The van der Waals surface area contributed by atoms with Crippen LogP contribution in [-0.4, -0.2) is 34.9 Å². The summed E-state index contributed by atoms with van der Waals surface area (Å²) in [6.45, 7) is 0.405. The highest BCUT2D eigenvalue weighted by Gasteiger charge is 2.35. The quantitative estimate of drug-likeness (QED) is 0.625. The van der Waals surface area contributed by atoms with Gasteiger partial charge in [0.15, 0.2) is 6.61 Å². The minimum Gasteiger partial charge on any atom is -0.477 e.